The molecule has 1 saturated heterocycles. The predicted molar refractivity (Wildman–Crippen MR) is 108 cm³/mol. The molecule has 192 valence electrons. The minimum absolute atomic E-state index is 0.140. The van der Waals surface area contributed by atoms with Gasteiger partial charge < -0.3 is 28.4 Å². The molecule has 0 saturated carbocycles. The number of benzene rings is 1. The summed E-state index contributed by atoms with van der Waals surface area (Å²) in [6.07, 6.45) is -14.8. The smallest absolute Gasteiger partial charge is 0.467 e. The van der Waals surface area contributed by atoms with Gasteiger partial charge in [-0.15, -0.1) is 0 Å². The molecule has 2 rings (SSSR count). The number of nitrogens with zero attached hydrogens (tertiary/aromatic N) is 1. The summed E-state index contributed by atoms with van der Waals surface area (Å²) in [5.74, 6) is -6.01. The molecule has 5 atom stereocenters. The van der Waals surface area contributed by atoms with Gasteiger partial charge in [0, 0.05) is 20.8 Å². The Morgan fingerprint density at radius 1 is 0.829 bits per heavy atom. The van der Waals surface area contributed by atoms with E-state index >= 15 is 0 Å². The Bertz CT molecular complexity index is 966. The van der Waals surface area contributed by atoms with E-state index in [9.17, 15) is 32.3 Å². The number of esters is 4. The van der Waals surface area contributed by atoms with Crippen molar-refractivity contribution in [1.29, 1.82) is 0 Å². The average molecular weight is 505 g/mol. The maximum atomic E-state index is 13.8. The largest absolute Gasteiger partial charge is 0.468 e. The first-order chi connectivity index (χ1) is 16.3. The topological polar surface area (TPSA) is 136 Å². The molecule has 0 aromatic heterocycles. The Morgan fingerprint density at radius 2 is 1.34 bits per heavy atom. The lowest BCUT2D eigenvalue weighted by Gasteiger charge is -2.43. The van der Waals surface area contributed by atoms with Crippen molar-refractivity contribution in [2.45, 2.75) is 57.7 Å². The van der Waals surface area contributed by atoms with Crippen LogP contribution in [0, 0.1) is 0 Å². The highest BCUT2D eigenvalue weighted by molar-refractivity contribution is 5.85. The van der Waals surface area contributed by atoms with Gasteiger partial charge in [0.15, 0.2) is 18.3 Å². The lowest BCUT2D eigenvalue weighted by atomic mass is 9.97. The van der Waals surface area contributed by atoms with E-state index in [2.05, 4.69) is 9.73 Å². The summed E-state index contributed by atoms with van der Waals surface area (Å²) in [6, 6.07) is 6.93. The highest BCUT2D eigenvalue weighted by atomic mass is 19.4. The lowest BCUT2D eigenvalue weighted by Crippen LogP contribution is -2.64. The second-order valence-corrected chi connectivity index (χ2v) is 7.04. The molecule has 1 aliphatic heterocycles. The Kier molecular flexibility index (Phi) is 9.17. The number of methoxy groups -OCH3 is 1. The van der Waals surface area contributed by atoms with Gasteiger partial charge in [0.25, 0.3) is 5.90 Å². The van der Waals surface area contributed by atoms with Gasteiger partial charge in [0.05, 0.1) is 12.8 Å². The SMILES string of the molecule is COC(=O)[C@H]1OC(OC(=Nc2ccccc2)C(F)(F)F)[C@H](OC(C)=O)[C@@H](OC(C)=O)[C@H]1OC(C)=O. The summed E-state index contributed by atoms with van der Waals surface area (Å²) >= 11 is 0. The quantitative estimate of drug-likeness (QED) is 0.244. The van der Waals surface area contributed by atoms with Crippen LogP contribution in [-0.4, -0.2) is 73.8 Å². The monoisotopic (exact) mass is 505 g/mol. The summed E-state index contributed by atoms with van der Waals surface area (Å²) in [4.78, 5) is 50.9. The average Bonchev–Trinajstić information content (AvgIpc) is 2.75. The Morgan fingerprint density at radius 3 is 1.83 bits per heavy atom. The molecule has 1 aromatic rings. The number of para-hydroxylation sites is 1. The molecule has 0 spiro atoms. The first-order valence-electron chi connectivity index (χ1n) is 9.96. The molecule has 0 radical (unpaired) electrons. The second-order valence-electron chi connectivity index (χ2n) is 7.04. The van der Waals surface area contributed by atoms with Crippen LogP contribution in [0.5, 0.6) is 0 Å². The van der Waals surface area contributed by atoms with Crippen LogP contribution in [0.2, 0.25) is 0 Å². The lowest BCUT2D eigenvalue weighted by molar-refractivity contribution is -0.288. The molecule has 1 heterocycles. The molecule has 0 amide bonds. The van der Waals surface area contributed by atoms with Crippen molar-refractivity contribution in [3.8, 4) is 0 Å². The molecular formula is C21H22F3NO10. The van der Waals surface area contributed by atoms with Crippen molar-refractivity contribution in [2.24, 2.45) is 4.99 Å². The zero-order valence-electron chi connectivity index (χ0n) is 18.9. The fourth-order valence-corrected chi connectivity index (χ4v) is 3.06. The third-order valence-electron chi connectivity index (χ3n) is 4.29. The number of carbonyl (C=O) groups is 4. The molecule has 1 fully saturated rings. The molecule has 35 heavy (non-hydrogen) atoms. The van der Waals surface area contributed by atoms with Crippen molar-refractivity contribution < 1.29 is 60.8 Å². The molecule has 1 aromatic carbocycles. The predicted octanol–water partition coefficient (Wildman–Crippen LogP) is 1.99. The van der Waals surface area contributed by atoms with E-state index in [1.165, 1.54) is 24.3 Å². The van der Waals surface area contributed by atoms with Crippen molar-refractivity contribution in [3.63, 3.8) is 0 Å². The van der Waals surface area contributed by atoms with Gasteiger partial charge in [-0.3, -0.25) is 14.4 Å². The summed E-state index contributed by atoms with van der Waals surface area (Å²) in [6.45, 7) is 2.81. The Hall–Kier alpha value is -3.68. The van der Waals surface area contributed by atoms with Gasteiger partial charge in [0.2, 0.25) is 12.4 Å². The summed E-state index contributed by atoms with van der Waals surface area (Å²) < 4.78 is 71.3. The van der Waals surface area contributed by atoms with E-state index in [1.54, 1.807) is 6.07 Å². The molecule has 1 aliphatic rings. The first-order valence-corrected chi connectivity index (χ1v) is 9.96. The Labute approximate surface area is 197 Å². The molecule has 0 N–H and O–H groups in total. The zero-order chi connectivity index (χ0) is 26.3. The minimum Gasteiger partial charge on any atom is -0.467 e. The number of halogens is 3. The van der Waals surface area contributed by atoms with E-state index in [0.29, 0.717) is 0 Å². The zero-order valence-corrected chi connectivity index (χ0v) is 18.9. The van der Waals surface area contributed by atoms with Crippen LogP contribution in [0.1, 0.15) is 20.8 Å². The van der Waals surface area contributed by atoms with Crippen LogP contribution >= 0.6 is 0 Å². The van der Waals surface area contributed by atoms with Crippen LogP contribution in [-0.2, 0) is 47.6 Å². The maximum Gasteiger partial charge on any atom is 0.468 e. The van der Waals surface area contributed by atoms with Crippen LogP contribution < -0.4 is 0 Å². The van der Waals surface area contributed by atoms with E-state index in [1.807, 2.05) is 0 Å². The van der Waals surface area contributed by atoms with Gasteiger partial charge in [-0.1, -0.05) is 18.2 Å². The van der Waals surface area contributed by atoms with Gasteiger partial charge in [-0.2, -0.15) is 13.2 Å². The number of carbonyl (C=O) groups excluding carboxylic acids is 4. The molecule has 0 aliphatic carbocycles. The number of rotatable bonds is 6. The standard InChI is InChI=1S/C21H22F3NO10/c1-10(26)31-14-15(32-11(2)27)17(33-12(3)28)19(34-16(14)18(29)30-4)35-20(21(22,23)24)25-13-8-6-5-7-9-13/h5-9,14-17,19H,1-4H3/t14-,15+,16+,17-,19?/m1/s1. The van der Waals surface area contributed by atoms with Gasteiger partial charge in [-0.25, -0.2) is 9.79 Å². The summed E-state index contributed by atoms with van der Waals surface area (Å²) in [5, 5.41) is 0. The van der Waals surface area contributed by atoms with E-state index in [4.69, 9.17) is 23.7 Å². The number of hydrogen-bond acceptors (Lipinski definition) is 11. The van der Waals surface area contributed by atoms with Crippen LogP contribution in [0.25, 0.3) is 0 Å². The third kappa shape index (κ3) is 7.67. The Balaban J connectivity index is 2.59. The minimum atomic E-state index is -5.16. The molecule has 14 heteroatoms. The van der Waals surface area contributed by atoms with Gasteiger partial charge in [-0.05, 0) is 12.1 Å². The van der Waals surface area contributed by atoms with Crippen molar-refractivity contribution >= 4 is 35.5 Å². The van der Waals surface area contributed by atoms with Crippen molar-refractivity contribution in [3.05, 3.63) is 30.3 Å². The maximum absolute atomic E-state index is 13.8. The highest BCUT2D eigenvalue weighted by Gasteiger charge is 2.57. The number of aliphatic imine (C=N–C) groups is 1. The fourth-order valence-electron chi connectivity index (χ4n) is 3.06. The fraction of sp³-hybridized carbons (Fsp3) is 0.476. The number of ether oxygens (including phenoxy) is 6. The van der Waals surface area contributed by atoms with Gasteiger partial charge >= 0.3 is 30.1 Å². The second kappa shape index (κ2) is 11.6. The molecule has 1 unspecified atom stereocenters. The molecule has 11 nitrogen and oxygen atoms in total. The van der Waals surface area contributed by atoms with Crippen LogP contribution in [0.15, 0.2) is 35.3 Å². The third-order valence-corrected chi connectivity index (χ3v) is 4.29. The summed E-state index contributed by atoms with van der Waals surface area (Å²) in [7, 11) is 0.934. The van der Waals surface area contributed by atoms with Crippen molar-refractivity contribution in [2.75, 3.05) is 7.11 Å². The van der Waals surface area contributed by atoms with E-state index in [-0.39, 0.29) is 5.69 Å². The first kappa shape index (κ1) is 27.6. The number of alkyl halides is 3. The number of hydrogen-bond donors (Lipinski definition) is 0. The van der Waals surface area contributed by atoms with Gasteiger partial charge in [0.1, 0.15) is 0 Å². The summed E-state index contributed by atoms with van der Waals surface area (Å²) in [5.41, 5.74) is -0.140. The van der Waals surface area contributed by atoms with E-state index < -0.39 is 66.7 Å². The molecular weight excluding hydrogens is 483 g/mol. The van der Waals surface area contributed by atoms with Crippen molar-refractivity contribution in [1.82, 2.24) is 0 Å². The molecule has 0 bridgehead atoms. The normalized spacial score (nSPS) is 24.7. The van der Waals surface area contributed by atoms with Crippen LogP contribution in [0.4, 0.5) is 18.9 Å². The van der Waals surface area contributed by atoms with Crippen LogP contribution in [0.3, 0.4) is 0 Å². The van der Waals surface area contributed by atoms with E-state index in [0.717, 1.165) is 27.9 Å². The highest BCUT2D eigenvalue weighted by Crippen LogP contribution is 2.32.